The molecule has 128 valence electrons. The number of benzene rings is 2. The van der Waals surface area contributed by atoms with Crippen LogP contribution in [0.15, 0.2) is 24.3 Å². The van der Waals surface area contributed by atoms with E-state index in [2.05, 4.69) is 39.8 Å². The van der Waals surface area contributed by atoms with Gasteiger partial charge in [0.25, 0.3) is 0 Å². The first-order valence-corrected chi connectivity index (χ1v) is 9.46. The molecule has 0 bridgehead atoms. The van der Waals surface area contributed by atoms with Crippen molar-refractivity contribution in [2.24, 2.45) is 0 Å². The fourth-order valence-electron chi connectivity index (χ4n) is 3.41. The van der Waals surface area contributed by atoms with Crippen molar-refractivity contribution in [3.05, 3.63) is 57.6 Å². The van der Waals surface area contributed by atoms with Gasteiger partial charge in [0.1, 0.15) is 5.75 Å². The van der Waals surface area contributed by atoms with Gasteiger partial charge in [0.05, 0.1) is 5.69 Å². The van der Waals surface area contributed by atoms with E-state index in [1.807, 2.05) is 23.4 Å². The molecular formula is C20H25NO2S. The van der Waals surface area contributed by atoms with Crippen molar-refractivity contribution in [2.75, 3.05) is 10.8 Å². The molecule has 24 heavy (non-hydrogen) atoms. The lowest BCUT2D eigenvalue weighted by molar-refractivity contribution is 0.550. The number of hydrogen-bond donors (Lipinski definition) is 0. The molecule has 0 spiro atoms. The van der Waals surface area contributed by atoms with Crippen LogP contribution >= 0.6 is 0 Å². The Hall–Kier alpha value is -1.81. The van der Waals surface area contributed by atoms with Gasteiger partial charge >= 0.3 is 11.3 Å². The Morgan fingerprint density at radius 3 is 2.50 bits per heavy atom. The lowest BCUT2D eigenvalue weighted by atomic mass is 9.97. The number of aryl methyl sites for hydroxylation is 4. The Morgan fingerprint density at radius 2 is 1.75 bits per heavy atom. The van der Waals surface area contributed by atoms with Crippen molar-refractivity contribution >= 4 is 17.0 Å². The van der Waals surface area contributed by atoms with Gasteiger partial charge in [-0.1, -0.05) is 23.8 Å². The van der Waals surface area contributed by atoms with Crippen LogP contribution in [0.2, 0.25) is 0 Å². The minimum absolute atomic E-state index is 0.702. The minimum Gasteiger partial charge on any atom is -0.385 e. The predicted molar refractivity (Wildman–Crippen MR) is 101 cm³/mol. The lowest BCUT2D eigenvalue weighted by Crippen LogP contribution is -2.34. The summed E-state index contributed by atoms with van der Waals surface area (Å²) in [6.07, 6.45) is 2.03. The van der Waals surface area contributed by atoms with E-state index in [0.717, 1.165) is 30.6 Å². The molecule has 1 heterocycles. The molecule has 1 aliphatic rings. The molecule has 3 nitrogen and oxygen atoms in total. The second-order valence-corrected chi connectivity index (χ2v) is 7.77. The fourth-order valence-corrected chi connectivity index (χ4v) is 4.53. The molecule has 0 saturated heterocycles. The molecule has 0 N–H and O–H groups in total. The molecule has 1 aliphatic heterocycles. The van der Waals surface area contributed by atoms with Crippen molar-refractivity contribution in [1.29, 1.82) is 0 Å². The lowest BCUT2D eigenvalue weighted by Gasteiger charge is -2.31. The highest BCUT2D eigenvalue weighted by Gasteiger charge is 2.25. The topological polar surface area (TPSA) is 29.5 Å². The fraction of sp³-hybridized carbons (Fsp3) is 0.400. The third-order valence-electron chi connectivity index (χ3n) is 4.93. The predicted octanol–water partition coefficient (Wildman–Crippen LogP) is 4.64. The Bertz CT molecular complexity index is 814. The van der Waals surface area contributed by atoms with Crippen molar-refractivity contribution in [1.82, 2.24) is 0 Å². The first-order chi connectivity index (χ1) is 11.4. The van der Waals surface area contributed by atoms with Crippen LogP contribution in [0.5, 0.6) is 5.75 Å². The van der Waals surface area contributed by atoms with Gasteiger partial charge in [-0.15, -0.1) is 0 Å². The first kappa shape index (κ1) is 17.0. The average molecular weight is 343 g/mol. The highest BCUT2D eigenvalue weighted by Crippen LogP contribution is 2.34. The summed E-state index contributed by atoms with van der Waals surface area (Å²) in [5, 5.41) is 0. The summed E-state index contributed by atoms with van der Waals surface area (Å²) in [5.74, 6) is 0.702. The number of anilines is 1. The Balaban J connectivity index is 1.92. The first-order valence-electron chi connectivity index (χ1n) is 8.43. The van der Waals surface area contributed by atoms with Gasteiger partial charge in [-0.25, -0.2) is 0 Å². The van der Waals surface area contributed by atoms with E-state index in [1.165, 1.54) is 27.8 Å². The van der Waals surface area contributed by atoms with E-state index in [9.17, 15) is 4.21 Å². The van der Waals surface area contributed by atoms with Crippen molar-refractivity contribution < 1.29 is 8.39 Å². The van der Waals surface area contributed by atoms with Gasteiger partial charge in [-0.3, -0.25) is 4.31 Å². The smallest absolute Gasteiger partial charge is 0.318 e. The second kappa shape index (κ2) is 6.60. The summed E-state index contributed by atoms with van der Waals surface area (Å²) < 4.78 is 20.7. The maximum Gasteiger partial charge on any atom is 0.318 e. The number of nitrogens with zero attached hydrogens (tertiary/aromatic N) is 1. The van der Waals surface area contributed by atoms with Crippen LogP contribution in [0, 0.1) is 34.6 Å². The van der Waals surface area contributed by atoms with Gasteiger partial charge in [0.15, 0.2) is 0 Å². The van der Waals surface area contributed by atoms with Gasteiger partial charge in [0, 0.05) is 6.54 Å². The second-order valence-electron chi connectivity index (χ2n) is 6.73. The van der Waals surface area contributed by atoms with Gasteiger partial charge in [0.2, 0.25) is 0 Å². The van der Waals surface area contributed by atoms with Gasteiger partial charge in [-0.2, -0.15) is 4.21 Å². The van der Waals surface area contributed by atoms with Crippen molar-refractivity contribution in [2.45, 2.75) is 47.5 Å². The van der Waals surface area contributed by atoms with Crippen LogP contribution in [-0.2, 0) is 17.7 Å². The molecule has 4 heteroatoms. The van der Waals surface area contributed by atoms with E-state index < -0.39 is 11.3 Å². The molecule has 0 aromatic heterocycles. The highest BCUT2D eigenvalue weighted by atomic mass is 32.2. The van der Waals surface area contributed by atoms with Crippen LogP contribution in [0.4, 0.5) is 5.69 Å². The van der Waals surface area contributed by atoms with Crippen LogP contribution < -0.4 is 8.49 Å². The molecule has 2 aromatic rings. The molecule has 1 atom stereocenters. The zero-order valence-corrected chi connectivity index (χ0v) is 15.9. The Kier molecular flexibility index (Phi) is 4.68. The molecule has 2 aromatic carbocycles. The minimum atomic E-state index is -1.53. The Morgan fingerprint density at radius 1 is 1.00 bits per heavy atom. The van der Waals surface area contributed by atoms with E-state index in [-0.39, 0.29) is 0 Å². The summed E-state index contributed by atoms with van der Waals surface area (Å²) in [6, 6.07) is 8.29. The van der Waals surface area contributed by atoms with Crippen molar-refractivity contribution in [3.63, 3.8) is 0 Å². The maximum atomic E-state index is 12.9. The maximum absolute atomic E-state index is 12.9. The Labute approximate surface area is 147 Å². The largest absolute Gasteiger partial charge is 0.385 e. The van der Waals surface area contributed by atoms with Crippen LogP contribution in [0.3, 0.4) is 0 Å². The molecule has 1 unspecified atom stereocenters. The van der Waals surface area contributed by atoms with Crippen LogP contribution in [-0.4, -0.2) is 10.8 Å². The third kappa shape index (κ3) is 3.07. The van der Waals surface area contributed by atoms with Crippen LogP contribution in [0.1, 0.15) is 39.8 Å². The highest BCUT2D eigenvalue weighted by molar-refractivity contribution is 7.82. The summed E-state index contributed by atoms with van der Waals surface area (Å²) >= 11 is -1.53. The summed E-state index contributed by atoms with van der Waals surface area (Å²) in [7, 11) is 0. The summed E-state index contributed by atoms with van der Waals surface area (Å²) in [5.41, 5.74) is 8.24. The molecular weight excluding hydrogens is 318 g/mol. The van der Waals surface area contributed by atoms with Crippen molar-refractivity contribution in [3.8, 4) is 5.75 Å². The number of fused-ring (bicyclic) bond motifs is 1. The zero-order chi connectivity index (χ0) is 17.4. The van der Waals surface area contributed by atoms with E-state index >= 15 is 0 Å². The van der Waals surface area contributed by atoms with E-state index in [0.29, 0.717) is 5.75 Å². The number of hydrogen-bond acceptors (Lipinski definition) is 2. The summed E-state index contributed by atoms with van der Waals surface area (Å²) in [6.45, 7) is 11.1. The summed E-state index contributed by atoms with van der Waals surface area (Å²) in [4.78, 5) is 0. The van der Waals surface area contributed by atoms with Gasteiger partial charge < -0.3 is 4.18 Å². The third-order valence-corrected chi connectivity index (χ3v) is 5.98. The quantitative estimate of drug-likeness (QED) is 0.812. The molecule has 0 amide bonds. The molecule has 0 fully saturated rings. The van der Waals surface area contributed by atoms with Crippen LogP contribution in [0.25, 0.3) is 0 Å². The zero-order valence-electron chi connectivity index (χ0n) is 15.1. The standard InChI is InChI=1S/C20H25NO2S/c1-13-11-15(3)20-18(12-13)7-6-10-21(20)24(22)23-19-9-8-14(2)16(4)17(19)5/h8-9,11-12H,6-7,10H2,1-5H3. The molecule has 0 aliphatic carbocycles. The molecule has 3 rings (SSSR count). The van der Waals surface area contributed by atoms with E-state index in [4.69, 9.17) is 4.18 Å². The normalized spacial score (nSPS) is 15.1. The van der Waals surface area contributed by atoms with E-state index in [1.54, 1.807) is 0 Å². The molecule has 0 radical (unpaired) electrons. The molecule has 0 saturated carbocycles. The SMILES string of the molecule is Cc1cc(C)c2c(c1)CCCN2S(=O)Oc1ccc(C)c(C)c1C. The monoisotopic (exact) mass is 343 g/mol. The average Bonchev–Trinajstić information content (AvgIpc) is 2.54. The van der Waals surface area contributed by atoms with Gasteiger partial charge in [-0.05, 0) is 81.3 Å². The number of rotatable bonds is 3.